The SMILES string of the molecule is N#CC1CN1C(=O)c1ccc(CCC(N)=O)cc1. The minimum absolute atomic E-state index is 0.122. The van der Waals surface area contributed by atoms with Crippen molar-refractivity contribution in [3.63, 3.8) is 0 Å². The first-order valence-electron chi connectivity index (χ1n) is 5.69. The predicted octanol–water partition coefficient (Wildman–Crippen LogP) is 0.452. The van der Waals surface area contributed by atoms with Gasteiger partial charge in [-0.2, -0.15) is 5.26 Å². The Morgan fingerprint density at radius 1 is 1.39 bits per heavy atom. The molecule has 1 aromatic rings. The van der Waals surface area contributed by atoms with Crippen LogP contribution in [0.25, 0.3) is 0 Å². The lowest BCUT2D eigenvalue weighted by molar-refractivity contribution is -0.117. The van der Waals surface area contributed by atoms with Crippen LogP contribution in [-0.4, -0.2) is 29.3 Å². The number of nitrogens with zero attached hydrogens (tertiary/aromatic N) is 2. The number of amides is 2. The molecule has 0 bridgehead atoms. The molecule has 1 aliphatic heterocycles. The minimum atomic E-state index is -0.337. The fraction of sp³-hybridized carbons (Fsp3) is 0.308. The maximum atomic E-state index is 11.9. The van der Waals surface area contributed by atoms with Crippen LogP contribution in [0.5, 0.6) is 0 Å². The van der Waals surface area contributed by atoms with Gasteiger partial charge in [0.1, 0.15) is 6.04 Å². The molecule has 1 saturated heterocycles. The van der Waals surface area contributed by atoms with Crippen molar-refractivity contribution >= 4 is 11.8 Å². The highest BCUT2D eigenvalue weighted by atomic mass is 16.2. The van der Waals surface area contributed by atoms with Crippen LogP contribution in [0.15, 0.2) is 24.3 Å². The van der Waals surface area contributed by atoms with Crippen molar-refractivity contribution in [1.82, 2.24) is 4.90 Å². The molecule has 1 aliphatic rings. The summed E-state index contributed by atoms with van der Waals surface area (Å²) < 4.78 is 0. The molecule has 0 spiro atoms. The summed E-state index contributed by atoms with van der Waals surface area (Å²) in [5.41, 5.74) is 6.60. The van der Waals surface area contributed by atoms with Gasteiger partial charge in [-0.15, -0.1) is 0 Å². The van der Waals surface area contributed by atoms with E-state index in [0.717, 1.165) is 5.56 Å². The zero-order valence-corrected chi connectivity index (χ0v) is 9.80. The molecule has 2 amide bonds. The Morgan fingerprint density at radius 3 is 2.56 bits per heavy atom. The topological polar surface area (TPSA) is 87.0 Å². The summed E-state index contributed by atoms with van der Waals surface area (Å²) >= 11 is 0. The number of hydrogen-bond donors (Lipinski definition) is 1. The third-order valence-electron chi connectivity index (χ3n) is 2.88. The predicted molar refractivity (Wildman–Crippen MR) is 64.4 cm³/mol. The summed E-state index contributed by atoms with van der Waals surface area (Å²) in [6, 6.07) is 8.81. The van der Waals surface area contributed by atoms with Gasteiger partial charge in [0.2, 0.25) is 5.91 Å². The van der Waals surface area contributed by atoms with E-state index >= 15 is 0 Å². The summed E-state index contributed by atoms with van der Waals surface area (Å²) in [5, 5.41) is 8.65. The van der Waals surface area contributed by atoms with Gasteiger partial charge in [-0.25, -0.2) is 0 Å². The molecule has 1 atom stereocenters. The standard InChI is InChI=1S/C13H13N3O2/c14-7-11-8-16(11)13(18)10-4-1-9(2-5-10)3-6-12(15)17/h1-2,4-5,11H,3,6,8H2,(H2,15,17). The number of nitrogens with two attached hydrogens (primary N) is 1. The van der Waals surface area contributed by atoms with Crippen molar-refractivity contribution in [2.45, 2.75) is 18.9 Å². The van der Waals surface area contributed by atoms with E-state index in [1.807, 2.05) is 6.07 Å². The van der Waals surface area contributed by atoms with Gasteiger partial charge in [0, 0.05) is 12.0 Å². The number of benzene rings is 1. The highest BCUT2D eigenvalue weighted by Gasteiger charge is 2.38. The molecule has 0 aromatic heterocycles. The number of carbonyl (C=O) groups is 2. The second-order valence-electron chi connectivity index (χ2n) is 4.27. The van der Waals surface area contributed by atoms with Gasteiger partial charge in [-0.1, -0.05) is 12.1 Å². The Morgan fingerprint density at radius 2 is 2.06 bits per heavy atom. The minimum Gasteiger partial charge on any atom is -0.370 e. The number of rotatable bonds is 4. The van der Waals surface area contributed by atoms with E-state index in [4.69, 9.17) is 11.0 Å². The first-order valence-corrected chi connectivity index (χ1v) is 5.69. The Bertz CT molecular complexity index is 516. The number of primary amides is 1. The molecule has 18 heavy (non-hydrogen) atoms. The molecule has 1 aromatic carbocycles. The van der Waals surface area contributed by atoms with Crippen molar-refractivity contribution in [2.24, 2.45) is 5.73 Å². The summed E-state index contributed by atoms with van der Waals surface area (Å²) in [7, 11) is 0. The van der Waals surface area contributed by atoms with E-state index in [0.29, 0.717) is 24.9 Å². The monoisotopic (exact) mass is 243 g/mol. The lowest BCUT2D eigenvalue weighted by Gasteiger charge is -2.04. The van der Waals surface area contributed by atoms with Crippen LogP contribution < -0.4 is 5.73 Å². The lowest BCUT2D eigenvalue weighted by Crippen LogP contribution is -2.13. The Labute approximate surface area is 105 Å². The number of hydrogen-bond acceptors (Lipinski definition) is 3. The zero-order chi connectivity index (χ0) is 13.1. The Kier molecular flexibility index (Phi) is 3.28. The first kappa shape index (κ1) is 12.1. The molecule has 1 unspecified atom stereocenters. The van der Waals surface area contributed by atoms with Gasteiger partial charge in [0.15, 0.2) is 0 Å². The Balaban J connectivity index is 1.98. The van der Waals surface area contributed by atoms with Crippen molar-refractivity contribution in [2.75, 3.05) is 6.54 Å². The van der Waals surface area contributed by atoms with Crippen LogP contribution in [0.1, 0.15) is 22.3 Å². The maximum absolute atomic E-state index is 11.9. The lowest BCUT2D eigenvalue weighted by atomic mass is 10.1. The van der Waals surface area contributed by atoms with Gasteiger partial charge in [0.05, 0.1) is 12.6 Å². The van der Waals surface area contributed by atoms with Crippen LogP contribution in [0.4, 0.5) is 0 Å². The summed E-state index contributed by atoms with van der Waals surface area (Å²) in [6.07, 6.45) is 0.879. The molecule has 5 nitrogen and oxygen atoms in total. The van der Waals surface area contributed by atoms with Gasteiger partial charge >= 0.3 is 0 Å². The van der Waals surface area contributed by atoms with Crippen molar-refractivity contribution in [1.29, 1.82) is 5.26 Å². The van der Waals surface area contributed by atoms with Gasteiger partial charge in [0.25, 0.3) is 5.91 Å². The molecule has 0 saturated carbocycles. The third kappa shape index (κ3) is 2.66. The van der Waals surface area contributed by atoms with Crippen molar-refractivity contribution in [3.8, 4) is 6.07 Å². The van der Waals surface area contributed by atoms with Crippen LogP contribution in [0.3, 0.4) is 0 Å². The second kappa shape index (κ2) is 4.88. The van der Waals surface area contributed by atoms with Crippen molar-refractivity contribution in [3.05, 3.63) is 35.4 Å². The summed E-state index contributed by atoms with van der Waals surface area (Å²) in [4.78, 5) is 24.0. The molecule has 2 N–H and O–H groups in total. The molecular weight excluding hydrogens is 230 g/mol. The first-order chi connectivity index (χ1) is 8.61. The third-order valence-corrected chi connectivity index (χ3v) is 2.88. The summed E-state index contributed by atoms with van der Waals surface area (Å²) in [5.74, 6) is -0.459. The fourth-order valence-corrected chi connectivity index (χ4v) is 1.72. The van der Waals surface area contributed by atoms with E-state index in [1.54, 1.807) is 24.3 Å². The highest BCUT2D eigenvalue weighted by molar-refractivity contribution is 5.96. The smallest absolute Gasteiger partial charge is 0.255 e. The van der Waals surface area contributed by atoms with Gasteiger partial charge < -0.3 is 10.6 Å². The quantitative estimate of drug-likeness (QED) is 0.779. The Hall–Kier alpha value is -2.35. The molecule has 5 heteroatoms. The average molecular weight is 243 g/mol. The van der Waals surface area contributed by atoms with Crippen LogP contribution in [0, 0.1) is 11.3 Å². The molecule has 1 heterocycles. The zero-order valence-electron chi connectivity index (χ0n) is 9.80. The largest absolute Gasteiger partial charge is 0.370 e. The average Bonchev–Trinajstić information content (AvgIpc) is 3.15. The van der Waals surface area contributed by atoms with Crippen LogP contribution in [0.2, 0.25) is 0 Å². The van der Waals surface area contributed by atoms with Crippen molar-refractivity contribution < 1.29 is 9.59 Å². The number of carbonyl (C=O) groups excluding carboxylic acids is 2. The van der Waals surface area contributed by atoms with E-state index in [9.17, 15) is 9.59 Å². The molecule has 92 valence electrons. The van der Waals surface area contributed by atoms with E-state index in [-0.39, 0.29) is 17.9 Å². The normalized spacial score (nSPS) is 17.1. The molecular formula is C13H13N3O2. The second-order valence-corrected chi connectivity index (χ2v) is 4.27. The number of nitriles is 1. The van der Waals surface area contributed by atoms with E-state index in [2.05, 4.69) is 0 Å². The fourth-order valence-electron chi connectivity index (χ4n) is 1.72. The molecule has 0 aliphatic carbocycles. The van der Waals surface area contributed by atoms with Gasteiger partial charge in [-0.05, 0) is 24.1 Å². The van der Waals surface area contributed by atoms with Gasteiger partial charge in [-0.3, -0.25) is 9.59 Å². The molecule has 2 rings (SSSR count). The molecule has 0 radical (unpaired) electrons. The number of aryl methyl sites for hydroxylation is 1. The van der Waals surface area contributed by atoms with E-state index in [1.165, 1.54) is 4.90 Å². The highest BCUT2D eigenvalue weighted by Crippen LogP contribution is 2.20. The van der Waals surface area contributed by atoms with E-state index < -0.39 is 0 Å². The van der Waals surface area contributed by atoms with Crippen LogP contribution >= 0.6 is 0 Å². The summed E-state index contributed by atoms with van der Waals surface area (Å²) in [6.45, 7) is 0.513. The molecule has 1 fully saturated rings. The van der Waals surface area contributed by atoms with Crippen LogP contribution in [-0.2, 0) is 11.2 Å². The maximum Gasteiger partial charge on any atom is 0.255 e.